The van der Waals surface area contributed by atoms with Crippen LogP contribution in [0.25, 0.3) is 0 Å². The van der Waals surface area contributed by atoms with E-state index >= 15 is 0 Å². The van der Waals surface area contributed by atoms with Crippen molar-refractivity contribution in [3.63, 3.8) is 0 Å². The molecule has 0 aromatic carbocycles. The van der Waals surface area contributed by atoms with Crippen LogP contribution in [-0.4, -0.2) is 4.98 Å². The van der Waals surface area contributed by atoms with E-state index in [1.807, 2.05) is 33.0 Å². The molecule has 0 radical (unpaired) electrons. The maximum Gasteiger partial charge on any atom is 0.109 e. The van der Waals surface area contributed by atoms with Gasteiger partial charge in [0, 0.05) is 6.20 Å². The van der Waals surface area contributed by atoms with Crippen LogP contribution >= 0.6 is 11.6 Å². The molecule has 0 amide bonds. The lowest BCUT2D eigenvalue weighted by Gasteiger charge is -1.78. The molecule has 0 atom stereocenters. The molecule has 1 N–H and O–H groups in total. The molecule has 0 aliphatic rings. The summed E-state index contributed by atoms with van der Waals surface area (Å²) in [6.45, 7) is 5.96. The molecule has 9 heavy (non-hydrogen) atoms. The first-order valence-corrected chi connectivity index (χ1v) is 3.48. The van der Waals surface area contributed by atoms with E-state index in [4.69, 9.17) is 11.6 Å². The predicted molar refractivity (Wildman–Crippen MR) is 41.9 cm³/mol. The minimum Gasteiger partial charge on any atom is -0.352 e. The van der Waals surface area contributed by atoms with Gasteiger partial charge in [0.2, 0.25) is 0 Å². The summed E-state index contributed by atoms with van der Waals surface area (Å²) in [5.74, 6) is 0. The van der Waals surface area contributed by atoms with E-state index in [1.165, 1.54) is 0 Å². The standard InChI is InChI=1S/C5H6ClN.C2H6/c1-4-2-3-7-5(4)6;1-2/h2-3,7H,1H3;1-2H3. The SMILES string of the molecule is CC.Cc1cc[nH]c1Cl. The van der Waals surface area contributed by atoms with Crippen molar-refractivity contribution < 1.29 is 0 Å². The molecule has 0 spiro atoms. The van der Waals surface area contributed by atoms with Crippen molar-refractivity contribution in [2.45, 2.75) is 20.8 Å². The summed E-state index contributed by atoms with van der Waals surface area (Å²) in [4.78, 5) is 2.83. The fourth-order valence-corrected chi connectivity index (χ4v) is 0.553. The van der Waals surface area contributed by atoms with Gasteiger partial charge in [-0.25, -0.2) is 0 Å². The zero-order valence-electron chi connectivity index (χ0n) is 6.03. The lowest BCUT2D eigenvalue weighted by Crippen LogP contribution is -1.60. The molecular formula is C7H12ClN. The lowest BCUT2D eigenvalue weighted by molar-refractivity contribution is 1.39. The summed E-state index contributed by atoms with van der Waals surface area (Å²) >= 11 is 5.57. The zero-order valence-corrected chi connectivity index (χ0v) is 6.79. The third-order valence-electron chi connectivity index (χ3n) is 0.890. The second-order valence-corrected chi connectivity index (χ2v) is 1.85. The van der Waals surface area contributed by atoms with Gasteiger partial charge in [-0.2, -0.15) is 0 Å². The van der Waals surface area contributed by atoms with Crippen LogP contribution in [0.2, 0.25) is 5.15 Å². The number of hydrogen-bond acceptors (Lipinski definition) is 0. The smallest absolute Gasteiger partial charge is 0.109 e. The zero-order chi connectivity index (χ0) is 7.28. The first-order valence-electron chi connectivity index (χ1n) is 3.10. The number of aromatic nitrogens is 1. The van der Waals surface area contributed by atoms with E-state index in [9.17, 15) is 0 Å². The molecule has 0 bridgehead atoms. The van der Waals surface area contributed by atoms with Crippen LogP contribution in [-0.2, 0) is 0 Å². The quantitative estimate of drug-likeness (QED) is 0.578. The fourth-order valence-electron chi connectivity index (χ4n) is 0.427. The van der Waals surface area contributed by atoms with Crippen LogP contribution in [0, 0.1) is 6.92 Å². The van der Waals surface area contributed by atoms with E-state index in [-0.39, 0.29) is 0 Å². The molecular weight excluding hydrogens is 134 g/mol. The van der Waals surface area contributed by atoms with E-state index in [0.717, 1.165) is 10.7 Å². The van der Waals surface area contributed by atoms with Gasteiger partial charge in [0.1, 0.15) is 5.15 Å². The van der Waals surface area contributed by atoms with Crippen LogP contribution in [0.5, 0.6) is 0 Å². The number of hydrogen-bond donors (Lipinski definition) is 1. The van der Waals surface area contributed by atoms with Gasteiger partial charge in [0.25, 0.3) is 0 Å². The van der Waals surface area contributed by atoms with E-state index in [0.29, 0.717) is 0 Å². The van der Waals surface area contributed by atoms with Gasteiger partial charge in [-0.1, -0.05) is 25.4 Å². The summed E-state index contributed by atoms with van der Waals surface area (Å²) in [6, 6.07) is 1.93. The Morgan fingerprint density at radius 2 is 2.00 bits per heavy atom. The number of H-pyrrole nitrogens is 1. The summed E-state index contributed by atoms with van der Waals surface area (Å²) < 4.78 is 0. The van der Waals surface area contributed by atoms with Crippen molar-refractivity contribution in [1.82, 2.24) is 4.98 Å². The van der Waals surface area contributed by atoms with E-state index < -0.39 is 0 Å². The van der Waals surface area contributed by atoms with Gasteiger partial charge < -0.3 is 4.98 Å². The highest BCUT2D eigenvalue weighted by Gasteiger charge is 1.88. The Morgan fingerprint density at radius 3 is 2.11 bits per heavy atom. The molecule has 0 fully saturated rings. The highest BCUT2D eigenvalue weighted by atomic mass is 35.5. The molecule has 0 unspecified atom stereocenters. The minimum atomic E-state index is 0.736. The highest BCUT2D eigenvalue weighted by Crippen LogP contribution is 2.09. The van der Waals surface area contributed by atoms with Gasteiger partial charge in [-0.15, -0.1) is 0 Å². The van der Waals surface area contributed by atoms with Crippen LogP contribution in [0.4, 0.5) is 0 Å². The second kappa shape index (κ2) is 4.45. The topological polar surface area (TPSA) is 15.8 Å². The molecule has 52 valence electrons. The summed E-state index contributed by atoms with van der Waals surface area (Å²) in [5, 5.41) is 0.736. The number of nitrogens with one attached hydrogen (secondary N) is 1. The highest BCUT2D eigenvalue weighted by molar-refractivity contribution is 6.30. The molecule has 1 rings (SSSR count). The van der Waals surface area contributed by atoms with Gasteiger partial charge in [-0.3, -0.25) is 0 Å². The molecule has 1 heterocycles. The van der Waals surface area contributed by atoms with Gasteiger partial charge in [0.05, 0.1) is 0 Å². The molecule has 0 saturated heterocycles. The van der Waals surface area contributed by atoms with Crippen molar-refractivity contribution in [2.24, 2.45) is 0 Å². The Balaban J connectivity index is 0.000000291. The van der Waals surface area contributed by atoms with Crippen LogP contribution < -0.4 is 0 Å². The Kier molecular flexibility index (Phi) is 4.24. The van der Waals surface area contributed by atoms with Crippen LogP contribution in [0.1, 0.15) is 19.4 Å². The fraction of sp³-hybridized carbons (Fsp3) is 0.429. The number of halogens is 1. The van der Waals surface area contributed by atoms with Crippen molar-refractivity contribution in [3.8, 4) is 0 Å². The Bertz CT molecular complexity index is 141. The third kappa shape index (κ3) is 2.56. The average Bonchev–Trinajstić information content (AvgIpc) is 2.23. The van der Waals surface area contributed by atoms with Crippen LogP contribution in [0.3, 0.4) is 0 Å². The summed E-state index contributed by atoms with van der Waals surface area (Å²) in [5.41, 5.74) is 1.10. The van der Waals surface area contributed by atoms with Crippen molar-refractivity contribution >= 4 is 11.6 Å². The molecule has 1 aromatic rings. The van der Waals surface area contributed by atoms with Crippen molar-refractivity contribution in [2.75, 3.05) is 0 Å². The summed E-state index contributed by atoms with van der Waals surface area (Å²) in [7, 11) is 0. The first kappa shape index (κ1) is 8.57. The Hall–Kier alpha value is -0.430. The van der Waals surface area contributed by atoms with Gasteiger partial charge in [-0.05, 0) is 18.6 Å². The van der Waals surface area contributed by atoms with Gasteiger partial charge in [0.15, 0.2) is 0 Å². The van der Waals surface area contributed by atoms with Crippen molar-refractivity contribution in [1.29, 1.82) is 0 Å². The normalized spacial score (nSPS) is 8.00. The molecule has 0 aliphatic heterocycles. The Morgan fingerprint density at radius 1 is 1.44 bits per heavy atom. The number of aryl methyl sites for hydroxylation is 1. The second-order valence-electron chi connectivity index (χ2n) is 1.47. The van der Waals surface area contributed by atoms with Crippen LogP contribution in [0.15, 0.2) is 12.3 Å². The summed E-state index contributed by atoms with van der Waals surface area (Å²) in [6.07, 6.45) is 1.82. The average molecular weight is 146 g/mol. The van der Waals surface area contributed by atoms with E-state index in [2.05, 4.69) is 4.98 Å². The molecule has 1 aromatic heterocycles. The maximum atomic E-state index is 5.57. The molecule has 0 aliphatic carbocycles. The molecule has 1 nitrogen and oxygen atoms in total. The van der Waals surface area contributed by atoms with Gasteiger partial charge >= 0.3 is 0 Å². The number of rotatable bonds is 0. The monoisotopic (exact) mass is 145 g/mol. The Labute approximate surface area is 61.0 Å². The first-order chi connectivity index (χ1) is 4.30. The third-order valence-corrected chi connectivity index (χ3v) is 1.30. The van der Waals surface area contributed by atoms with Crippen molar-refractivity contribution in [3.05, 3.63) is 23.0 Å². The van der Waals surface area contributed by atoms with E-state index in [1.54, 1.807) is 0 Å². The molecule has 2 heteroatoms. The molecule has 0 saturated carbocycles. The minimum absolute atomic E-state index is 0.736. The lowest BCUT2D eigenvalue weighted by atomic mass is 10.4. The largest absolute Gasteiger partial charge is 0.352 e. The predicted octanol–water partition coefficient (Wildman–Crippen LogP) is 3.00. The number of aromatic amines is 1. The maximum absolute atomic E-state index is 5.57.